The summed E-state index contributed by atoms with van der Waals surface area (Å²) in [5, 5.41) is 4.65. The molecule has 102 valence electrons. The number of aryl methyl sites for hydroxylation is 2. The molecule has 0 saturated carbocycles. The van der Waals surface area contributed by atoms with Crippen LogP contribution >= 0.6 is 28.3 Å². The molecule has 5 heteroatoms. The van der Waals surface area contributed by atoms with Gasteiger partial charge < -0.3 is 10.3 Å². The molecule has 0 bridgehead atoms. The van der Waals surface area contributed by atoms with Gasteiger partial charge in [-0.3, -0.25) is 4.99 Å². The van der Waals surface area contributed by atoms with E-state index in [0.717, 1.165) is 36.2 Å². The molecule has 2 aromatic rings. The van der Waals surface area contributed by atoms with Gasteiger partial charge in [0.25, 0.3) is 0 Å². The zero-order valence-electron chi connectivity index (χ0n) is 10.8. The Balaban J connectivity index is 0.00000133. The zero-order chi connectivity index (χ0) is 12.5. The Labute approximate surface area is 127 Å². The van der Waals surface area contributed by atoms with Crippen LogP contribution in [0.4, 0.5) is 0 Å². The molecule has 1 aromatic carbocycles. The molecule has 0 unspecified atom stereocenters. The highest BCUT2D eigenvalue weighted by Gasteiger charge is 2.11. The Bertz CT molecular complexity index is 618. The van der Waals surface area contributed by atoms with Crippen molar-refractivity contribution in [1.29, 1.82) is 0 Å². The number of nitrogens with zero attached hydrogens (tertiary/aromatic N) is 1. The lowest BCUT2D eigenvalue weighted by molar-refractivity contribution is 0.933. The van der Waals surface area contributed by atoms with E-state index in [4.69, 9.17) is 0 Å². The first kappa shape index (κ1) is 14.4. The van der Waals surface area contributed by atoms with E-state index in [1.54, 1.807) is 0 Å². The summed E-state index contributed by atoms with van der Waals surface area (Å²) in [5.74, 6) is 1.15. The van der Waals surface area contributed by atoms with Gasteiger partial charge in [0.2, 0.25) is 0 Å². The molecule has 3 nitrogen and oxygen atoms in total. The number of amidine groups is 1. The van der Waals surface area contributed by atoms with Crippen LogP contribution in [0.5, 0.6) is 0 Å². The fourth-order valence-electron chi connectivity index (χ4n) is 2.53. The van der Waals surface area contributed by atoms with Gasteiger partial charge in [-0.25, -0.2) is 0 Å². The van der Waals surface area contributed by atoms with Gasteiger partial charge in [-0.15, -0.1) is 12.4 Å². The summed E-state index contributed by atoms with van der Waals surface area (Å²) in [7, 11) is 0. The molecular weight excluding hydrogens is 326 g/mol. The lowest BCUT2D eigenvalue weighted by atomic mass is 10.1. The highest BCUT2D eigenvalue weighted by Crippen LogP contribution is 2.26. The molecule has 19 heavy (non-hydrogen) atoms. The van der Waals surface area contributed by atoms with Crippen molar-refractivity contribution < 1.29 is 0 Å². The standard InChI is InChI=1S/C14H16BrN3.ClH/c1-9-11(3-5-14-16-6-7-17-14)12-8-10(15)2-4-13(12)18-9;/h2,4,8,18H,3,5-7H2,1H3,(H,16,17);1H. The normalized spacial score (nSPS) is 14.1. The highest BCUT2D eigenvalue weighted by atomic mass is 79.9. The molecule has 0 saturated heterocycles. The van der Waals surface area contributed by atoms with Crippen molar-refractivity contribution in [3.63, 3.8) is 0 Å². The number of fused-ring (bicyclic) bond motifs is 1. The number of hydrogen-bond donors (Lipinski definition) is 2. The minimum atomic E-state index is 0. The Morgan fingerprint density at radius 1 is 1.32 bits per heavy atom. The number of nitrogens with one attached hydrogen (secondary N) is 2. The summed E-state index contributed by atoms with van der Waals surface area (Å²) in [4.78, 5) is 7.90. The molecule has 2 heterocycles. The molecule has 0 atom stereocenters. The van der Waals surface area contributed by atoms with Crippen LogP contribution in [-0.2, 0) is 6.42 Å². The van der Waals surface area contributed by atoms with Crippen LogP contribution in [0.2, 0.25) is 0 Å². The molecule has 1 aromatic heterocycles. The van der Waals surface area contributed by atoms with Gasteiger partial charge in [0.15, 0.2) is 0 Å². The SMILES string of the molecule is Cc1[nH]c2ccc(Br)cc2c1CCC1=NCCN1.Cl. The second-order valence-corrected chi connectivity index (χ2v) is 5.59. The average molecular weight is 343 g/mol. The van der Waals surface area contributed by atoms with Crippen molar-refractivity contribution in [2.45, 2.75) is 19.8 Å². The summed E-state index contributed by atoms with van der Waals surface area (Å²) in [5.41, 5.74) is 3.89. The maximum absolute atomic E-state index is 4.45. The van der Waals surface area contributed by atoms with Gasteiger partial charge in [0.05, 0.1) is 12.4 Å². The number of aromatic amines is 1. The smallest absolute Gasteiger partial charge is 0.0967 e. The van der Waals surface area contributed by atoms with Crippen LogP contribution in [0.15, 0.2) is 27.7 Å². The molecule has 0 aliphatic carbocycles. The van der Waals surface area contributed by atoms with E-state index in [2.05, 4.69) is 56.3 Å². The molecule has 2 N–H and O–H groups in total. The van der Waals surface area contributed by atoms with Gasteiger partial charge in [-0.2, -0.15) is 0 Å². The summed E-state index contributed by atoms with van der Waals surface area (Å²) < 4.78 is 1.13. The van der Waals surface area contributed by atoms with E-state index >= 15 is 0 Å². The Kier molecular flexibility index (Phi) is 4.53. The average Bonchev–Trinajstić information content (AvgIpc) is 2.94. The summed E-state index contributed by atoms with van der Waals surface area (Å²) >= 11 is 3.54. The highest BCUT2D eigenvalue weighted by molar-refractivity contribution is 9.10. The quantitative estimate of drug-likeness (QED) is 0.879. The predicted octanol–water partition coefficient (Wildman–Crippen LogP) is 3.59. The van der Waals surface area contributed by atoms with Crippen LogP contribution in [0.3, 0.4) is 0 Å². The van der Waals surface area contributed by atoms with Crippen LogP contribution in [-0.4, -0.2) is 23.9 Å². The predicted molar refractivity (Wildman–Crippen MR) is 86.6 cm³/mol. The van der Waals surface area contributed by atoms with Crippen LogP contribution in [0.25, 0.3) is 10.9 Å². The molecule has 0 radical (unpaired) electrons. The fraction of sp³-hybridized carbons (Fsp3) is 0.357. The van der Waals surface area contributed by atoms with E-state index in [1.807, 2.05) is 0 Å². The Hall–Kier alpha value is -1.00. The van der Waals surface area contributed by atoms with Crippen molar-refractivity contribution in [3.05, 3.63) is 33.9 Å². The van der Waals surface area contributed by atoms with Crippen LogP contribution < -0.4 is 5.32 Å². The van der Waals surface area contributed by atoms with Gasteiger partial charge in [-0.05, 0) is 37.1 Å². The van der Waals surface area contributed by atoms with Crippen molar-refractivity contribution in [2.75, 3.05) is 13.1 Å². The summed E-state index contributed by atoms with van der Waals surface area (Å²) in [6.07, 6.45) is 2.04. The lowest BCUT2D eigenvalue weighted by Crippen LogP contribution is -2.18. The van der Waals surface area contributed by atoms with E-state index in [1.165, 1.54) is 22.2 Å². The fourth-order valence-corrected chi connectivity index (χ4v) is 2.90. The number of benzene rings is 1. The number of halogens is 2. The number of H-pyrrole nitrogens is 1. The van der Waals surface area contributed by atoms with Crippen molar-refractivity contribution in [2.24, 2.45) is 4.99 Å². The van der Waals surface area contributed by atoms with E-state index in [9.17, 15) is 0 Å². The minimum Gasteiger partial charge on any atom is -0.372 e. The summed E-state index contributed by atoms with van der Waals surface area (Å²) in [6, 6.07) is 6.39. The molecule has 0 fully saturated rings. The first-order chi connectivity index (χ1) is 8.74. The lowest BCUT2D eigenvalue weighted by Gasteiger charge is -2.03. The molecule has 3 rings (SSSR count). The third-order valence-corrected chi connectivity index (χ3v) is 3.93. The molecule has 1 aliphatic rings. The van der Waals surface area contributed by atoms with Crippen molar-refractivity contribution in [3.8, 4) is 0 Å². The van der Waals surface area contributed by atoms with Gasteiger partial charge in [0, 0.05) is 34.0 Å². The molecule has 1 aliphatic heterocycles. The molecule has 0 spiro atoms. The zero-order valence-corrected chi connectivity index (χ0v) is 13.2. The van der Waals surface area contributed by atoms with Gasteiger partial charge >= 0.3 is 0 Å². The van der Waals surface area contributed by atoms with Gasteiger partial charge in [0.1, 0.15) is 0 Å². The van der Waals surface area contributed by atoms with Crippen molar-refractivity contribution >= 4 is 45.1 Å². The maximum atomic E-state index is 4.45. The number of aliphatic imine (C=N–C) groups is 1. The first-order valence-electron chi connectivity index (χ1n) is 6.28. The van der Waals surface area contributed by atoms with E-state index in [-0.39, 0.29) is 12.4 Å². The maximum Gasteiger partial charge on any atom is 0.0967 e. The minimum absolute atomic E-state index is 0. The molecular formula is C14H17BrClN3. The topological polar surface area (TPSA) is 40.2 Å². The van der Waals surface area contributed by atoms with Gasteiger partial charge in [-0.1, -0.05) is 15.9 Å². The second kappa shape index (κ2) is 5.97. The number of aromatic nitrogens is 1. The number of hydrogen-bond acceptors (Lipinski definition) is 2. The Morgan fingerprint density at radius 2 is 2.16 bits per heavy atom. The Morgan fingerprint density at radius 3 is 2.89 bits per heavy atom. The molecule has 0 amide bonds. The second-order valence-electron chi connectivity index (χ2n) is 4.67. The number of rotatable bonds is 3. The third-order valence-electron chi connectivity index (χ3n) is 3.44. The summed E-state index contributed by atoms with van der Waals surface area (Å²) in [6.45, 7) is 4.06. The van der Waals surface area contributed by atoms with Crippen LogP contribution in [0.1, 0.15) is 17.7 Å². The van der Waals surface area contributed by atoms with E-state index < -0.39 is 0 Å². The van der Waals surface area contributed by atoms with E-state index in [0.29, 0.717) is 0 Å². The van der Waals surface area contributed by atoms with Crippen LogP contribution in [0, 0.1) is 6.92 Å². The largest absolute Gasteiger partial charge is 0.372 e. The third kappa shape index (κ3) is 2.95. The monoisotopic (exact) mass is 341 g/mol. The first-order valence-corrected chi connectivity index (χ1v) is 7.07. The van der Waals surface area contributed by atoms with Crippen molar-refractivity contribution in [1.82, 2.24) is 10.3 Å².